The zero-order valence-corrected chi connectivity index (χ0v) is 17.0. The van der Waals surface area contributed by atoms with Gasteiger partial charge in [0.15, 0.2) is 0 Å². The van der Waals surface area contributed by atoms with E-state index < -0.39 is 0 Å². The third-order valence-corrected chi connectivity index (χ3v) is 6.54. The number of aromatic nitrogens is 4. The van der Waals surface area contributed by atoms with Gasteiger partial charge in [-0.05, 0) is 59.8 Å². The van der Waals surface area contributed by atoms with Gasteiger partial charge in [0.1, 0.15) is 17.5 Å². The highest BCUT2D eigenvalue weighted by Crippen LogP contribution is 2.31. The minimum absolute atomic E-state index is 0.440. The van der Waals surface area contributed by atoms with Crippen molar-refractivity contribution >= 4 is 32.7 Å². The highest BCUT2D eigenvalue weighted by Gasteiger charge is 2.28. The molecule has 1 aromatic carbocycles. The molecule has 27 heavy (non-hydrogen) atoms. The third kappa shape index (κ3) is 3.24. The molecule has 0 aliphatic carbocycles. The van der Waals surface area contributed by atoms with Crippen LogP contribution in [0.15, 0.2) is 34.8 Å². The Morgan fingerprint density at radius 3 is 2.89 bits per heavy atom. The van der Waals surface area contributed by atoms with E-state index in [1.54, 1.807) is 0 Å². The number of aryl methyl sites for hydroxylation is 1. The SMILES string of the molecule is Brc1cccc2ccc(N3CCCC(c4nnc5n4CCCCC5)C3)nc12. The van der Waals surface area contributed by atoms with Crippen LogP contribution in [0.4, 0.5) is 5.82 Å². The summed E-state index contributed by atoms with van der Waals surface area (Å²) in [6.07, 6.45) is 7.22. The molecule has 1 unspecified atom stereocenters. The molecule has 0 spiro atoms. The molecule has 0 N–H and O–H groups in total. The van der Waals surface area contributed by atoms with Gasteiger partial charge in [-0.15, -0.1) is 10.2 Å². The number of pyridine rings is 1. The molecule has 5 nitrogen and oxygen atoms in total. The van der Waals surface area contributed by atoms with Crippen LogP contribution in [0.25, 0.3) is 10.9 Å². The molecule has 5 rings (SSSR count). The number of nitrogens with zero attached hydrogens (tertiary/aromatic N) is 5. The Bertz CT molecular complexity index is 966. The standard InChI is InChI=1S/C21H24BrN5/c22-17-8-4-6-15-10-11-18(23-20(15)17)26-12-5-7-16(14-26)21-25-24-19-9-2-1-3-13-27(19)21/h4,6,8,10-11,16H,1-3,5,7,9,12-14H2. The van der Waals surface area contributed by atoms with Crippen molar-refractivity contribution in [3.8, 4) is 0 Å². The fourth-order valence-electron chi connectivity index (χ4n) is 4.48. The largest absolute Gasteiger partial charge is 0.356 e. The van der Waals surface area contributed by atoms with E-state index in [2.05, 4.69) is 65.9 Å². The number of halogens is 1. The lowest BCUT2D eigenvalue weighted by Gasteiger charge is -2.33. The van der Waals surface area contributed by atoms with Crippen LogP contribution in [0.3, 0.4) is 0 Å². The van der Waals surface area contributed by atoms with Gasteiger partial charge in [-0.1, -0.05) is 18.6 Å². The van der Waals surface area contributed by atoms with Crippen molar-refractivity contribution in [2.45, 2.75) is 51.0 Å². The molecular weight excluding hydrogens is 402 g/mol. The van der Waals surface area contributed by atoms with Crippen molar-refractivity contribution in [1.29, 1.82) is 0 Å². The van der Waals surface area contributed by atoms with Gasteiger partial charge in [0.05, 0.1) is 5.52 Å². The predicted molar refractivity (Wildman–Crippen MR) is 111 cm³/mol. The molecule has 2 aliphatic heterocycles. The van der Waals surface area contributed by atoms with E-state index in [0.29, 0.717) is 5.92 Å². The quantitative estimate of drug-likeness (QED) is 0.596. The molecule has 0 bridgehead atoms. The Kier molecular flexibility index (Phi) is 4.60. The van der Waals surface area contributed by atoms with Crippen LogP contribution in [0.5, 0.6) is 0 Å². The van der Waals surface area contributed by atoms with E-state index in [-0.39, 0.29) is 0 Å². The average molecular weight is 426 g/mol. The van der Waals surface area contributed by atoms with E-state index in [4.69, 9.17) is 4.98 Å². The molecule has 140 valence electrons. The number of hydrogen-bond acceptors (Lipinski definition) is 4. The molecule has 1 fully saturated rings. The Morgan fingerprint density at radius 2 is 1.93 bits per heavy atom. The van der Waals surface area contributed by atoms with Crippen molar-refractivity contribution in [3.05, 3.63) is 46.5 Å². The maximum atomic E-state index is 4.95. The first kappa shape index (κ1) is 17.2. The molecule has 0 radical (unpaired) electrons. The van der Waals surface area contributed by atoms with Crippen LogP contribution in [-0.4, -0.2) is 32.8 Å². The Balaban J connectivity index is 1.43. The second-order valence-corrected chi connectivity index (χ2v) is 8.56. The number of piperidine rings is 1. The number of fused-ring (bicyclic) bond motifs is 2. The molecule has 0 saturated carbocycles. The topological polar surface area (TPSA) is 46.8 Å². The van der Waals surface area contributed by atoms with Crippen LogP contribution in [0.1, 0.15) is 49.7 Å². The lowest BCUT2D eigenvalue weighted by atomic mass is 9.97. The van der Waals surface area contributed by atoms with Gasteiger partial charge >= 0.3 is 0 Å². The number of anilines is 1. The lowest BCUT2D eigenvalue weighted by molar-refractivity contribution is 0.464. The van der Waals surface area contributed by atoms with Gasteiger partial charge in [0.2, 0.25) is 0 Å². The fraction of sp³-hybridized carbons (Fsp3) is 0.476. The van der Waals surface area contributed by atoms with E-state index in [1.165, 1.54) is 49.1 Å². The summed E-state index contributed by atoms with van der Waals surface area (Å²) < 4.78 is 3.46. The van der Waals surface area contributed by atoms with Gasteiger partial charge in [0.25, 0.3) is 0 Å². The summed E-state index contributed by atoms with van der Waals surface area (Å²) in [5.74, 6) is 3.88. The van der Waals surface area contributed by atoms with Crippen LogP contribution < -0.4 is 4.90 Å². The molecule has 2 aromatic heterocycles. The Labute approximate surface area is 167 Å². The maximum absolute atomic E-state index is 4.95. The molecule has 6 heteroatoms. The van der Waals surface area contributed by atoms with Gasteiger partial charge in [-0.3, -0.25) is 0 Å². The number of para-hydroxylation sites is 1. The summed E-state index contributed by atoms with van der Waals surface area (Å²) in [6, 6.07) is 10.6. The number of hydrogen-bond donors (Lipinski definition) is 0. The van der Waals surface area contributed by atoms with E-state index >= 15 is 0 Å². The highest BCUT2D eigenvalue weighted by atomic mass is 79.9. The van der Waals surface area contributed by atoms with E-state index in [0.717, 1.165) is 41.9 Å². The molecule has 3 aromatic rings. The lowest BCUT2D eigenvalue weighted by Crippen LogP contribution is -2.36. The zero-order valence-electron chi connectivity index (χ0n) is 15.4. The summed E-state index contributed by atoms with van der Waals surface area (Å²) in [7, 11) is 0. The summed E-state index contributed by atoms with van der Waals surface area (Å²) in [6.45, 7) is 3.11. The van der Waals surface area contributed by atoms with Gasteiger partial charge in [-0.25, -0.2) is 4.98 Å². The van der Waals surface area contributed by atoms with Crippen molar-refractivity contribution < 1.29 is 0 Å². The molecular formula is C21H24BrN5. The minimum Gasteiger partial charge on any atom is -0.356 e. The summed E-state index contributed by atoms with van der Waals surface area (Å²) in [4.78, 5) is 7.37. The van der Waals surface area contributed by atoms with Crippen molar-refractivity contribution in [1.82, 2.24) is 19.7 Å². The van der Waals surface area contributed by atoms with Gasteiger partial charge in [0, 0.05) is 41.8 Å². The summed E-state index contributed by atoms with van der Waals surface area (Å²) in [5, 5.41) is 10.3. The maximum Gasteiger partial charge on any atom is 0.137 e. The summed E-state index contributed by atoms with van der Waals surface area (Å²) in [5.41, 5.74) is 1.04. The first-order chi connectivity index (χ1) is 13.3. The molecule has 4 heterocycles. The molecule has 2 aliphatic rings. The van der Waals surface area contributed by atoms with Gasteiger partial charge < -0.3 is 9.47 Å². The van der Waals surface area contributed by atoms with Crippen LogP contribution in [-0.2, 0) is 13.0 Å². The van der Waals surface area contributed by atoms with Crippen molar-refractivity contribution in [2.24, 2.45) is 0 Å². The second-order valence-electron chi connectivity index (χ2n) is 7.70. The smallest absolute Gasteiger partial charge is 0.137 e. The van der Waals surface area contributed by atoms with Crippen LogP contribution in [0, 0.1) is 0 Å². The van der Waals surface area contributed by atoms with Crippen molar-refractivity contribution in [2.75, 3.05) is 18.0 Å². The second kappa shape index (κ2) is 7.23. The minimum atomic E-state index is 0.440. The normalized spacial score (nSPS) is 20.5. The van der Waals surface area contributed by atoms with Crippen molar-refractivity contribution in [3.63, 3.8) is 0 Å². The number of rotatable bonds is 2. The molecule has 0 amide bonds. The Hall–Kier alpha value is -1.95. The van der Waals surface area contributed by atoms with Gasteiger partial charge in [-0.2, -0.15) is 0 Å². The monoisotopic (exact) mass is 425 g/mol. The van der Waals surface area contributed by atoms with Crippen LogP contribution in [0.2, 0.25) is 0 Å². The highest BCUT2D eigenvalue weighted by molar-refractivity contribution is 9.10. The predicted octanol–water partition coefficient (Wildman–Crippen LogP) is 4.70. The average Bonchev–Trinajstić information content (AvgIpc) is 2.96. The first-order valence-corrected chi connectivity index (χ1v) is 10.8. The number of benzene rings is 1. The van der Waals surface area contributed by atoms with E-state index in [9.17, 15) is 0 Å². The Morgan fingerprint density at radius 1 is 0.963 bits per heavy atom. The van der Waals surface area contributed by atoms with E-state index in [1.807, 2.05) is 0 Å². The fourth-order valence-corrected chi connectivity index (χ4v) is 4.95. The van der Waals surface area contributed by atoms with Crippen LogP contribution >= 0.6 is 15.9 Å². The summed E-state index contributed by atoms with van der Waals surface area (Å²) >= 11 is 3.64. The third-order valence-electron chi connectivity index (χ3n) is 5.90. The first-order valence-electron chi connectivity index (χ1n) is 10.0. The zero-order chi connectivity index (χ0) is 18.2. The molecule has 1 saturated heterocycles. The molecule has 1 atom stereocenters.